The number of halogens is 1. The van der Waals surface area contributed by atoms with Gasteiger partial charge in [-0.3, -0.25) is 9.69 Å². The van der Waals surface area contributed by atoms with Gasteiger partial charge in [-0.1, -0.05) is 18.5 Å². The highest BCUT2D eigenvalue weighted by molar-refractivity contribution is 7.16. The molecule has 1 amide bonds. The number of carbonyl (C=O) groups is 1. The highest BCUT2D eigenvalue weighted by Crippen LogP contribution is 2.31. The van der Waals surface area contributed by atoms with Crippen LogP contribution in [0.1, 0.15) is 31.2 Å². The molecular formula is C13H22ClN3OS. The van der Waals surface area contributed by atoms with E-state index in [0.29, 0.717) is 13.1 Å². The van der Waals surface area contributed by atoms with Gasteiger partial charge in [-0.25, -0.2) is 0 Å². The first-order chi connectivity index (χ1) is 8.95. The maximum atomic E-state index is 11.8. The van der Waals surface area contributed by atoms with Gasteiger partial charge in [0.1, 0.15) is 0 Å². The van der Waals surface area contributed by atoms with Crippen molar-refractivity contribution in [3.63, 3.8) is 0 Å². The number of amides is 1. The molecule has 0 aliphatic heterocycles. The van der Waals surface area contributed by atoms with Gasteiger partial charge in [0.2, 0.25) is 5.91 Å². The number of carbonyl (C=O) groups excluding carboxylic acids is 1. The van der Waals surface area contributed by atoms with Crippen LogP contribution in [0, 0.1) is 0 Å². The first kappa shape index (κ1) is 16.4. The van der Waals surface area contributed by atoms with Crippen LogP contribution < -0.4 is 11.1 Å². The summed E-state index contributed by atoms with van der Waals surface area (Å²) in [5.74, 6) is 0.0256. The zero-order valence-corrected chi connectivity index (χ0v) is 13.2. The molecule has 0 spiro atoms. The molecular weight excluding hydrogens is 282 g/mol. The van der Waals surface area contributed by atoms with Crippen LogP contribution in [0.3, 0.4) is 0 Å². The van der Waals surface area contributed by atoms with E-state index < -0.39 is 0 Å². The number of hydrogen-bond acceptors (Lipinski definition) is 4. The monoisotopic (exact) mass is 303 g/mol. The van der Waals surface area contributed by atoms with E-state index in [4.69, 9.17) is 17.3 Å². The van der Waals surface area contributed by atoms with Crippen molar-refractivity contribution in [1.29, 1.82) is 0 Å². The van der Waals surface area contributed by atoms with Crippen molar-refractivity contribution in [1.82, 2.24) is 10.2 Å². The van der Waals surface area contributed by atoms with Gasteiger partial charge in [0, 0.05) is 17.5 Å². The minimum atomic E-state index is -0.0707. The number of hydrogen-bond donors (Lipinski definition) is 2. The van der Waals surface area contributed by atoms with E-state index in [-0.39, 0.29) is 18.0 Å². The Balaban J connectivity index is 2.69. The minimum Gasteiger partial charge on any atom is -0.355 e. The third-order valence-electron chi connectivity index (χ3n) is 2.82. The molecule has 0 aliphatic carbocycles. The highest BCUT2D eigenvalue weighted by atomic mass is 35.5. The summed E-state index contributed by atoms with van der Waals surface area (Å²) in [7, 11) is 1.91. The van der Waals surface area contributed by atoms with Gasteiger partial charge in [0.05, 0.1) is 16.9 Å². The van der Waals surface area contributed by atoms with Gasteiger partial charge in [-0.15, -0.1) is 11.3 Å². The van der Waals surface area contributed by atoms with Gasteiger partial charge >= 0.3 is 0 Å². The first-order valence-electron chi connectivity index (χ1n) is 6.43. The molecule has 19 heavy (non-hydrogen) atoms. The number of nitrogens with two attached hydrogens (primary N) is 1. The smallest absolute Gasteiger partial charge is 0.234 e. The lowest BCUT2D eigenvalue weighted by Crippen LogP contribution is -2.42. The van der Waals surface area contributed by atoms with Crippen LogP contribution in [0.2, 0.25) is 4.34 Å². The van der Waals surface area contributed by atoms with E-state index in [0.717, 1.165) is 15.6 Å². The molecule has 0 fully saturated rings. The van der Waals surface area contributed by atoms with Gasteiger partial charge < -0.3 is 11.1 Å². The maximum Gasteiger partial charge on any atom is 0.234 e. The van der Waals surface area contributed by atoms with Gasteiger partial charge in [-0.05, 0) is 32.5 Å². The van der Waals surface area contributed by atoms with Crippen LogP contribution in [0.15, 0.2) is 12.1 Å². The fourth-order valence-electron chi connectivity index (χ4n) is 2.01. The standard InChI is InChI=1S/C13H22ClN3OS/c1-4-7-16-12(18)8-17(3)13(9(2)15)10-5-6-11(14)19-10/h5-6,9,13H,4,7-8,15H2,1-3H3,(H,16,18). The maximum absolute atomic E-state index is 11.8. The second-order valence-electron chi connectivity index (χ2n) is 4.71. The molecule has 1 aromatic heterocycles. The third kappa shape index (κ3) is 5.10. The molecule has 0 bridgehead atoms. The highest BCUT2D eigenvalue weighted by Gasteiger charge is 2.24. The Morgan fingerprint density at radius 2 is 2.26 bits per heavy atom. The second-order valence-corrected chi connectivity index (χ2v) is 6.46. The number of rotatable bonds is 7. The van der Waals surface area contributed by atoms with Crippen LogP contribution in [0.5, 0.6) is 0 Å². The summed E-state index contributed by atoms with van der Waals surface area (Å²) in [5.41, 5.74) is 6.04. The number of nitrogens with zero attached hydrogens (tertiary/aromatic N) is 1. The molecule has 0 radical (unpaired) electrons. The van der Waals surface area contributed by atoms with Crippen molar-refractivity contribution in [2.75, 3.05) is 20.1 Å². The molecule has 4 nitrogen and oxygen atoms in total. The average Bonchev–Trinajstić information content (AvgIpc) is 2.72. The summed E-state index contributed by atoms with van der Waals surface area (Å²) in [6, 6.07) is 3.77. The van der Waals surface area contributed by atoms with Gasteiger partial charge in [0.25, 0.3) is 0 Å². The molecule has 0 aliphatic rings. The average molecular weight is 304 g/mol. The first-order valence-corrected chi connectivity index (χ1v) is 7.63. The Hall–Kier alpha value is -0.620. The van der Waals surface area contributed by atoms with Crippen molar-refractivity contribution < 1.29 is 4.79 Å². The molecule has 1 aromatic rings. The van der Waals surface area contributed by atoms with Crippen molar-refractivity contribution in [2.24, 2.45) is 5.73 Å². The van der Waals surface area contributed by atoms with E-state index in [2.05, 4.69) is 5.32 Å². The van der Waals surface area contributed by atoms with Crippen LogP contribution in [0.4, 0.5) is 0 Å². The zero-order chi connectivity index (χ0) is 14.4. The van der Waals surface area contributed by atoms with E-state index >= 15 is 0 Å². The van der Waals surface area contributed by atoms with Crippen LogP contribution in [-0.2, 0) is 4.79 Å². The summed E-state index contributed by atoms with van der Waals surface area (Å²) < 4.78 is 0.740. The van der Waals surface area contributed by atoms with Crippen LogP contribution in [-0.4, -0.2) is 37.0 Å². The summed E-state index contributed by atoms with van der Waals surface area (Å²) in [6.07, 6.45) is 0.937. The lowest BCUT2D eigenvalue weighted by Gasteiger charge is -2.29. The van der Waals surface area contributed by atoms with Crippen molar-refractivity contribution >= 4 is 28.8 Å². The molecule has 6 heteroatoms. The molecule has 0 saturated carbocycles. The third-order valence-corrected chi connectivity index (χ3v) is 4.13. The van der Waals surface area contributed by atoms with E-state index in [9.17, 15) is 4.79 Å². The molecule has 1 rings (SSSR count). The van der Waals surface area contributed by atoms with Crippen molar-refractivity contribution in [3.8, 4) is 0 Å². The number of thiophene rings is 1. The lowest BCUT2D eigenvalue weighted by molar-refractivity contribution is -0.122. The molecule has 1 heterocycles. The topological polar surface area (TPSA) is 58.4 Å². The van der Waals surface area contributed by atoms with E-state index in [1.807, 2.05) is 37.9 Å². The van der Waals surface area contributed by atoms with Gasteiger partial charge in [-0.2, -0.15) is 0 Å². The SMILES string of the molecule is CCCNC(=O)CN(C)C(c1ccc(Cl)s1)C(C)N. The Morgan fingerprint density at radius 3 is 2.74 bits per heavy atom. The summed E-state index contributed by atoms with van der Waals surface area (Å²) in [5, 5.41) is 2.87. The fraction of sp³-hybridized carbons (Fsp3) is 0.615. The van der Waals surface area contributed by atoms with Crippen LogP contribution >= 0.6 is 22.9 Å². The van der Waals surface area contributed by atoms with E-state index in [1.54, 1.807) is 0 Å². The zero-order valence-electron chi connectivity index (χ0n) is 11.6. The fourth-order valence-corrected chi connectivity index (χ4v) is 3.35. The predicted molar refractivity (Wildman–Crippen MR) is 81.7 cm³/mol. The number of nitrogens with one attached hydrogen (secondary N) is 1. The quantitative estimate of drug-likeness (QED) is 0.812. The Bertz CT molecular complexity index is 408. The molecule has 0 saturated heterocycles. The van der Waals surface area contributed by atoms with Crippen LogP contribution in [0.25, 0.3) is 0 Å². The summed E-state index contributed by atoms with van der Waals surface area (Å²) >= 11 is 7.48. The Kier molecular flexibility index (Phi) is 6.79. The van der Waals surface area contributed by atoms with Crippen molar-refractivity contribution in [3.05, 3.63) is 21.3 Å². The van der Waals surface area contributed by atoms with Gasteiger partial charge in [0.15, 0.2) is 0 Å². The molecule has 2 unspecified atom stereocenters. The molecule has 3 N–H and O–H groups in total. The van der Waals surface area contributed by atoms with Crippen molar-refractivity contribution in [2.45, 2.75) is 32.4 Å². The summed E-state index contributed by atoms with van der Waals surface area (Å²) in [4.78, 5) is 14.8. The molecule has 0 aromatic carbocycles. The largest absolute Gasteiger partial charge is 0.355 e. The predicted octanol–water partition coefficient (Wildman–Crippen LogP) is 2.25. The summed E-state index contributed by atoms with van der Waals surface area (Å²) in [6.45, 7) is 5.02. The molecule has 108 valence electrons. The minimum absolute atomic E-state index is 0.00452. The lowest BCUT2D eigenvalue weighted by atomic mass is 10.1. The number of likely N-dealkylation sites (N-methyl/N-ethyl adjacent to an activating group) is 1. The normalized spacial score (nSPS) is 14.4. The van der Waals surface area contributed by atoms with E-state index in [1.165, 1.54) is 11.3 Å². The second kappa shape index (κ2) is 7.85. The Morgan fingerprint density at radius 1 is 1.58 bits per heavy atom. The Labute approximate surface area is 123 Å². The molecule has 2 atom stereocenters.